The number of aromatic nitrogens is 2. The Balaban J connectivity index is 1.31. The Morgan fingerprint density at radius 2 is 2.11 bits per heavy atom. The van der Waals surface area contributed by atoms with E-state index in [2.05, 4.69) is 31.6 Å². The summed E-state index contributed by atoms with van der Waals surface area (Å²) in [6.07, 6.45) is 9.14. The lowest BCUT2D eigenvalue weighted by atomic mass is 10.0. The number of carbonyl (C=O) groups is 2. The van der Waals surface area contributed by atoms with E-state index in [4.69, 9.17) is 10.5 Å². The number of benzene rings is 1. The van der Waals surface area contributed by atoms with E-state index in [1.54, 1.807) is 6.07 Å². The van der Waals surface area contributed by atoms with Gasteiger partial charge in [0.2, 0.25) is 5.91 Å². The Morgan fingerprint density at radius 1 is 1.27 bits per heavy atom. The summed E-state index contributed by atoms with van der Waals surface area (Å²) in [5.41, 5.74) is 7.93. The molecule has 37 heavy (non-hydrogen) atoms. The number of likely N-dealkylation sites (tertiary alicyclic amines) is 1. The third-order valence-electron chi connectivity index (χ3n) is 6.73. The number of amides is 2. The summed E-state index contributed by atoms with van der Waals surface area (Å²) in [6.45, 7) is 3.45. The topological polar surface area (TPSA) is 146 Å². The molecule has 2 aliphatic heterocycles. The molecule has 5 rings (SSSR count). The predicted molar refractivity (Wildman–Crippen MR) is 137 cm³/mol. The molecule has 2 atom stereocenters. The van der Waals surface area contributed by atoms with E-state index in [1.807, 2.05) is 30.4 Å². The number of hydrogen-bond donors (Lipinski definition) is 3. The fourth-order valence-electron chi connectivity index (χ4n) is 4.77. The largest absolute Gasteiger partial charge is 0.486 e. The monoisotopic (exact) mass is 499 g/mol. The van der Waals surface area contributed by atoms with Crippen LogP contribution < -0.4 is 21.1 Å². The van der Waals surface area contributed by atoms with Crippen molar-refractivity contribution in [1.82, 2.24) is 20.2 Å². The number of ether oxygens (including phenoxy) is 1. The molecule has 3 heterocycles. The number of rotatable bonds is 8. The van der Waals surface area contributed by atoms with Gasteiger partial charge < -0.3 is 21.1 Å². The van der Waals surface area contributed by atoms with Crippen molar-refractivity contribution < 1.29 is 14.3 Å². The van der Waals surface area contributed by atoms with Crippen LogP contribution in [0.4, 0.5) is 5.82 Å². The normalized spacial score (nSPS) is 21.3. The van der Waals surface area contributed by atoms with Crippen LogP contribution in [0.1, 0.15) is 53.1 Å². The van der Waals surface area contributed by atoms with Crippen molar-refractivity contribution in [3.8, 4) is 11.8 Å². The summed E-state index contributed by atoms with van der Waals surface area (Å²) in [7, 11) is 0. The van der Waals surface area contributed by atoms with Crippen LogP contribution in [0.3, 0.4) is 0 Å². The highest BCUT2D eigenvalue weighted by Crippen LogP contribution is 2.28. The van der Waals surface area contributed by atoms with Crippen LogP contribution in [0.15, 0.2) is 42.5 Å². The number of primary amides is 1. The number of nitrogens with one attached hydrogen (secondary N) is 2. The average molecular weight is 500 g/mol. The fraction of sp³-hybridized carbons (Fsp3) is 0.370. The summed E-state index contributed by atoms with van der Waals surface area (Å²) in [4.78, 5) is 35.1. The van der Waals surface area contributed by atoms with Gasteiger partial charge in [-0.2, -0.15) is 5.26 Å². The molecule has 4 N–H and O–H groups in total. The molecule has 0 spiro atoms. The Kier molecular flexibility index (Phi) is 7.14. The molecule has 2 fully saturated rings. The van der Waals surface area contributed by atoms with Crippen molar-refractivity contribution in [1.29, 1.82) is 5.26 Å². The zero-order chi connectivity index (χ0) is 25.8. The minimum Gasteiger partial charge on any atom is -0.486 e. The van der Waals surface area contributed by atoms with E-state index in [9.17, 15) is 14.9 Å². The SMILES string of the molecule is N#Cc1ccc(OC2C=CC(c3nc(N[C@H]4CCNC4=O)cc(C(N)=O)n3)=CC2)c(CN2CCCC2)c1. The first-order valence-electron chi connectivity index (χ1n) is 12.5. The molecule has 1 unspecified atom stereocenters. The molecule has 2 saturated heterocycles. The first-order valence-corrected chi connectivity index (χ1v) is 12.5. The van der Waals surface area contributed by atoms with E-state index >= 15 is 0 Å². The Bertz CT molecular complexity index is 1310. The van der Waals surface area contributed by atoms with Crippen LogP contribution in [0.2, 0.25) is 0 Å². The van der Waals surface area contributed by atoms with Gasteiger partial charge in [-0.1, -0.05) is 12.2 Å². The molecule has 0 saturated carbocycles. The van der Waals surface area contributed by atoms with Crippen molar-refractivity contribution >= 4 is 23.2 Å². The maximum Gasteiger partial charge on any atom is 0.267 e. The van der Waals surface area contributed by atoms with Gasteiger partial charge in [-0.25, -0.2) is 9.97 Å². The van der Waals surface area contributed by atoms with Crippen LogP contribution in [-0.4, -0.2) is 58.5 Å². The third kappa shape index (κ3) is 5.78. The molecule has 10 heteroatoms. The van der Waals surface area contributed by atoms with Gasteiger partial charge in [0.05, 0.1) is 11.6 Å². The lowest BCUT2D eigenvalue weighted by molar-refractivity contribution is -0.119. The molecule has 2 amide bonds. The first kappa shape index (κ1) is 24.5. The van der Waals surface area contributed by atoms with Gasteiger partial charge in [-0.3, -0.25) is 14.5 Å². The second kappa shape index (κ2) is 10.8. The van der Waals surface area contributed by atoms with E-state index < -0.39 is 11.9 Å². The predicted octanol–water partition coefficient (Wildman–Crippen LogP) is 2.13. The van der Waals surface area contributed by atoms with Crippen LogP contribution >= 0.6 is 0 Å². The van der Waals surface area contributed by atoms with Gasteiger partial charge in [-0.05, 0) is 56.6 Å². The zero-order valence-electron chi connectivity index (χ0n) is 20.4. The van der Waals surface area contributed by atoms with Crippen molar-refractivity contribution in [2.24, 2.45) is 5.73 Å². The summed E-state index contributed by atoms with van der Waals surface area (Å²) in [5.74, 6) is 0.711. The van der Waals surface area contributed by atoms with Gasteiger partial charge >= 0.3 is 0 Å². The standard InChI is InChI=1S/C27H29N7O3/c28-15-17-3-8-23(19(13-17)16-34-11-1-2-12-34)37-20-6-4-18(5-7-20)26-32-22(25(29)35)14-24(33-26)31-21-9-10-30-27(21)36/h3-6,8,13-14,20-21H,1-2,7,9-12,16H2,(H2,29,35)(H,30,36)(H,31,32,33)/t20?,21-/m0/s1. The Hall–Kier alpha value is -4.23. The minimum absolute atomic E-state index is 0.0720. The van der Waals surface area contributed by atoms with Crippen molar-refractivity contribution in [3.63, 3.8) is 0 Å². The van der Waals surface area contributed by atoms with Crippen molar-refractivity contribution in [2.75, 3.05) is 25.0 Å². The van der Waals surface area contributed by atoms with Crippen molar-refractivity contribution in [2.45, 2.75) is 44.4 Å². The highest BCUT2D eigenvalue weighted by molar-refractivity contribution is 5.92. The van der Waals surface area contributed by atoms with Crippen LogP contribution in [-0.2, 0) is 11.3 Å². The molecule has 1 aromatic carbocycles. The molecular formula is C27H29N7O3. The Morgan fingerprint density at radius 3 is 2.78 bits per heavy atom. The lowest BCUT2D eigenvalue weighted by Crippen LogP contribution is -2.30. The zero-order valence-corrected chi connectivity index (χ0v) is 20.4. The van der Waals surface area contributed by atoms with Crippen LogP contribution in [0, 0.1) is 11.3 Å². The molecule has 0 bridgehead atoms. The molecule has 190 valence electrons. The molecular weight excluding hydrogens is 470 g/mol. The maximum atomic E-state index is 12.0. The van der Waals surface area contributed by atoms with Gasteiger partial charge in [0.1, 0.15) is 29.4 Å². The van der Waals surface area contributed by atoms with Crippen molar-refractivity contribution in [3.05, 3.63) is 65.1 Å². The molecule has 10 nitrogen and oxygen atoms in total. The van der Waals surface area contributed by atoms with Crippen LogP contribution in [0.5, 0.6) is 5.75 Å². The summed E-state index contributed by atoms with van der Waals surface area (Å²) < 4.78 is 6.33. The van der Waals surface area contributed by atoms with Gasteiger partial charge in [0.25, 0.3) is 5.91 Å². The summed E-state index contributed by atoms with van der Waals surface area (Å²) >= 11 is 0. The van der Waals surface area contributed by atoms with Crippen LogP contribution in [0.25, 0.3) is 5.57 Å². The number of allylic oxidation sites excluding steroid dienone is 2. The Labute approximate surface area is 215 Å². The van der Waals surface area contributed by atoms with E-state index in [-0.39, 0.29) is 17.7 Å². The summed E-state index contributed by atoms with van der Waals surface area (Å²) in [5, 5.41) is 15.2. The maximum absolute atomic E-state index is 12.0. The minimum atomic E-state index is -0.671. The average Bonchev–Trinajstić information content (AvgIpc) is 3.57. The quantitative estimate of drug-likeness (QED) is 0.501. The fourth-order valence-corrected chi connectivity index (χ4v) is 4.77. The number of nitrogens with zero attached hydrogens (tertiary/aromatic N) is 4. The lowest BCUT2D eigenvalue weighted by Gasteiger charge is -2.22. The molecule has 1 aromatic heterocycles. The number of nitrogens with two attached hydrogens (primary N) is 1. The van der Waals surface area contributed by atoms with E-state index in [0.717, 1.165) is 36.5 Å². The molecule has 2 aromatic rings. The first-order chi connectivity index (χ1) is 18.0. The van der Waals surface area contributed by atoms with E-state index in [1.165, 1.54) is 18.9 Å². The number of anilines is 1. The number of nitriles is 1. The molecule has 3 aliphatic rings. The third-order valence-corrected chi connectivity index (χ3v) is 6.73. The smallest absolute Gasteiger partial charge is 0.267 e. The van der Waals surface area contributed by atoms with Gasteiger partial charge in [-0.15, -0.1) is 0 Å². The molecule has 1 aliphatic carbocycles. The second-order valence-electron chi connectivity index (χ2n) is 9.43. The second-order valence-corrected chi connectivity index (χ2v) is 9.43. The van der Waals surface area contributed by atoms with Gasteiger partial charge in [0, 0.05) is 36.7 Å². The highest BCUT2D eigenvalue weighted by Gasteiger charge is 2.25. The van der Waals surface area contributed by atoms with E-state index in [0.29, 0.717) is 36.6 Å². The molecule has 0 radical (unpaired) electrons. The number of hydrogen-bond acceptors (Lipinski definition) is 8. The highest BCUT2D eigenvalue weighted by atomic mass is 16.5. The summed E-state index contributed by atoms with van der Waals surface area (Å²) in [6, 6.07) is 8.81. The van der Waals surface area contributed by atoms with Gasteiger partial charge in [0.15, 0.2) is 5.82 Å². The number of carbonyl (C=O) groups excluding carboxylic acids is 2.